The highest BCUT2D eigenvalue weighted by Crippen LogP contribution is 2.26. The minimum absolute atomic E-state index is 0.0792. The number of hydrogen-bond acceptors (Lipinski definition) is 3. The number of carbonyl (C=O) groups is 2. The minimum atomic E-state index is -0.217. The van der Waals surface area contributed by atoms with Crippen LogP contribution in [0.3, 0.4) is 0 Å². The van der Waals surface area contributed by atoms with Crippen LogP contribution < -0.4 is 4.74 Å². The Morgan fingerprint density at radius 1 is 1.15 bits per heavy atom. The second-order valence-corrected chi connectivity index (χ2v) is 5.20. The van der Waals surface area contributed by atoms with E-state index in [0.29, 0.717) is 11.3 Å². The highest BCUT2D eigenvalue weighted by Gasteiger charge is 2.21. The molecule has 1 aromatic carbocycles. The first-order valence-electron chi connectivity index (χ1n) is 7.33. The van der Waals surface area contributed by atoms with Gasteiger partial charge in [-0.05, 0) is 38.3 Å². The molecule has 0 aliphatic rings. The Morgan fingerprint density at radius 3 is 2.25 bits per heavy atom. The van der Waals surface area contributed by atoms with Gasteiger partial charge in [0.2, 0.25) is 0 Å². The number of aryl methyl sites for hydroxylation is 1. The molecule has 0 spiro atoms. The van der Waals surface area contributed by atoms with Gasteiger partial charge in [-0.3, -0.25) is 9.59 Å². The molecule has 1 rings (SSSR count). The Hall–Kier alpha value is -1.64. The molecule has 1 aromatic rings. The molecule has 3 heteroatoms. The van der Waals surface area contributed by atoms with Crippen LogP contribution in [0.2, 0.25) is 0 Å². The van der Waals surface area contributed by atoms with Gasteiger partial charge in [0, 0.05) is 0 Å². The van der Waals surface area contributed by atoms with Crippen molar-refractivity contribution in [2.75, 3.05) is 0 Å². The lowest BCUT2D eigenvalue weighted by Gasteiger charge is -2.16. The van der Waals surface area contributed by atoms with Crippen molar-refractivity contribution in [3.05, 3.63) is 29.3 Å². The lowest BCUT2D eigenvalue weighted by atomic mass is 9.98. The van der Waals surface area contributed by atoms with Gasteiger partial charge in [0.25, 0.3) is 0 Å². The molecule has 0 saturated heterocycles. The minimum Gasteiger partial charge on any atom is -0.425 e. The van der Waals surface area contributed by atoms with Gasteiger partial charge >= 0.3 is 5.97 Å². The quantitative estimate of drug-likeness (QED) is 0.423. The molecular formula is C17H24O3. The van der Waals surface area contributed by atoms with E-state index in [9.17, 15) is 9.59 Å². The summed E-state index contributed by atoms with van der Waals surface area (Å²) in [6.07, 6.45) is 3.56. The first kappa shape index (κ1) is 16.4. The molecule has 0 saturated carbocycles. The van der Waals surface area contributed by atoms with E-state index in [1.165, 1.54) is 6.92 Å². The Morgan fingerprint density at radius 2 is 1.75 bits per heavy atom. The fraction of sp³-hybridized carbons (Fsp3) is 0.529. The van der Waals surface area contributed by atoms with E-state index >= 15 is 0 Å². The summed E-state index contributed by atoms with van der Waals surface area (Å²) in [6.45, 7) is 7.46. The number of benzene rings is 1. The topological polar surface area (TPSA) is 43.4 Å². The number of Topliss-reactive ketones (excluding diaryl/α,β-unsaturated/α-hetero) is 1. The van der Waals surface area contributed by atoms with Crippen LogP contribution in [0.15, 0.2) is 18.2 Å². The van der Waals surface area contributed by atoms with Crippen molar-refractivity contribution in [3.63, 3.8) is 0 Å². The van der Waals surface area contributed by atoms with Crippen molar-refractivity contribution >= 4 is 11.8 Å². The molecular weight excluding hydrogens is 252 g/mol. The van der Waals surface area contributed by atoms with Gasteiger partial charge in [-0.25, -0.2) is 0 Å². The number of ketones is 1. The van der Waals surface area contributed by atoms with Gasteiger partial charge in [0.15, 0.2) is 5.78 Å². The molecule has 0 radical (unpaired) electrons. The van der Waals surface area contributed by atoms with Crippen LogP contribution in [-0.2, 0) is 4.79 Å². The van der Waals surface area contributed by atoms with E-state index in [2.05, 4.69) is 13.8 Å². The summed E-state index contributed by atoms with van der Waals surface area (Å²) in [6, 6.07) is 5.36. The summed E-state index contributed by atoms with van der Waals surface area (Å²) in [7, 11) is 0. The Bertz CT molecular complexity index is 471. The number of ether oxygens (including phenoxy) is 1. The Labute approximate surface area is 121 Å². The van der Waals surface area contributed by atoms with Crippen LogP contribution in [-0.4, -0.2) is 11.8 Å². The molecule has 0 aliphatic carbocycles. The zero-order valence-corrected chi connectivity index (χ0v) is 12.9. The molecule has 3 nitrogen and oxygen atoms in total. The molecule has 0 unspecified atom stereocenters. The normalized spacial score (nSPS) is 10.7. The van der Waals surface area contributed by atoms with Crippen LogP contribution in [0, 0.1) is 12.8 Å². The standard InChI is InChI=1S/C17H24O3/c1-5-8-14(9-6-2)17(19)20-16-12(3)10-7-11-15(16)13(4)18/h7,10-11,14H,5-6,8-9H2,1-4H3. The molecule has 0 bridgehead atoms. The highest BCUT2D eigenvalue weighted by molar-refractivity contribution is 5.98. The molecule has 0 atom stereocenters. The smallest absolute Gasteiger partial charge is 0.314 e. The predicted octanol–water partition coefficient (Wildman–Crippen LogP) is 4.32. The van der Waals surface area contributed by atoms with Gasteiger partial charge in [0.1, 0.15) is 5.75 Å². The predicted molar refractivity (Wildman–Crippen MR) is 80.1 cm³/mol. The number of para-hydroxylation sites is 1. The summed E-state index contributed by atoms with van der Waals surface area (Å²) in [5, 5.41) is 0. The zero-order valence-electron chi connectivity index (χ0n) is 12.9. The summed E-state index contributed by atoms with van der Waals surface area (Å²) in [4.78, 5) is 23.9. The SMILES string of the molecule is CCCC(CCC)C(=O)Oc1c(C)cccc1C(C)=O. The average Bonchev–Trinajstić information content (AvgIpc) is 2.40. The van der Waals surface area contributed by atoms with Crippen molar-refractivity contribution in [2.45, 2.75) is 53.4 Å². The van der Waals surface area contributed by atoms with E-state index < -0.39 is 0 Å². The molecule has 0 aromatic heterocycles. The second-order valence-electron chi connectivity index (χ2n) is 5.20. The van der Waals surface area contributed by atoms with Gasteiger partial charge in [-0.15, -0.1) is 0 Å². The third-order valence-electron chi connectivity index (χ3n) is 3.40. The summed E-state index contributed by atoms with van der Waals surface area (Å²) in [5.74, 6) is 0.0381. The Balaban J connectivity index is 2.97. The van der Waals surface area contributed by atoms with Crippen molar-refractivity contribution in [1.29, 1.82) is 0 Å². The lowest BCUT2D eigenvalue weighted by Crippen LogP contribution is -2.21. The van der Waals surface area contributed by atoms with E-state index in [1.54, 1.807) is 12.1 Å². The van der Waals surface area contributed by atoms with Gasteiger partial charge in [-0.1, -0.05) is 38.8 Å². The third kappa shape index (κ3) is 4.19. The fourth-order valence-corrected chi connectivity index (χ4v) is 2.33. The van der Waals surface area contributed by atoms with Gasteiger partial charge < -0.3 is 4.74 Å². The zero-order chi connectivity index (χ0) is 15.1. The van der Waals surface area contributed by atoms with Crippen molar-refractivity contribution in [3.8, 4) is 5.75 Å². The van der Waals surface area contributed by atoms with Crippen LogP contribution in [0.25, 0.3) is 0 Å². The number of rotatable bonds is 7. The number of esters is 1. The molecule has 0 amide bonds. The second kappa shape index (κ2) is 7.83. The highest BCUT2D eigenvalue weighted by atomic mass is 16.5. The van der Waals surface area contributed by atoms with Crippen molar-refractivity contribution < 1.29 is 14.3 Å². The fourth-order valence-electron chi connectivity index (χ4n) is 2.33. The van der Waals surface area contributed by atoms with E-state index in [4.69, 9.17) is 4.74 Å². The van der Waals surface area contributed by atoms with Gasteiger partial charge in [0.05, 0.1) is 11.5 Å². The van der Waals surface area contributed by atoms with Crippen molar-refractivity contribution in [1.82, 2.24) is 0 Å². The molecule has 0 aliphatic heterocycles. The van der Waals surface area contributed by atoms with Crippen molar-refractivity contribution in [2.24, 2.45) is 5.92 Å². The summed E-state index contributed by atoms with van der Waals surface area (Å²) in [5.41, 5.74) is 1.29. The lowest BCUT2D eigenvalue weighted by molar-refractivity contribution is -0.139. The maximum Gasteiger partial charge on any atom is 0.314 e. The van der Waals surface area contributed by atoms with Gasteiger partial charge in [-0.2, -0.15) is 0 Å². The van der Waals surface area contributed by atoms with E-state index in [-0.39, 0.29) is 17.7 Å². The first-order chi connectivity index (χ1) is 9.51. The molecule has 0 N–H and O–H groups in total. The van der Waals surface area contributed by atoms with Crippen LogP contribution in [0.5, 0.6) is 5.75 Å². The molecule has 0 heterocycles. The molecule has 0 fully saturated rings. The largest absolute Gasteiger partial charge is 0.425 e. The maximum atomic E-state index is 12.3. The van der Waals surface area contributed by atoms with E-state index in [0.717, 1.165) is 31.2 Å². The van der Waals surface area contributed by atoms with Crippen LogP contribution in [0.4, 0.5) is 0 Å². The molecule has 110 valence electrons. The molecule has 20 heavy (non-hydrogen) atoms. The summed E-state index contributed by atoms with van der Waals surface area (Å²) >= 11 is 0. The number of hydrogen-bond donors (Lipinski definition) is 0. The Kier molecular flexibility index (Phi) is 6.43. The maximum absolute atomic E-state index is 12.3. The summed E-state index contributed by atoms with van der Waals surface area (Å²) < 4.78 is 5.55. The monoisotopic (exact) mass is 276 g/mol. The van der Waals surface area contributed by atoms with Crippen LogP contribution in [0.1, 0.15) is 62.4 Å². The number of carbonyl (C=O) groups excluding carboxylic acids is 2. The first-order valence-corrected chi connectivity index (χ1v) is 7.33. The van der Waals surface area contributed by atoms with E-state index in [1.807, 2.05) is 13.0 Å². The van der Waals surface area contributed by atoms with Crippen LogP contribution >= 0.6 is 0 Å². The third-order valence-corrected chi connectivity index (χ3v) is 3.40. The average molecular weight is 276 g/mol.